The molecule has 1 heterocycles. The SMILES string of the molecule is Cc1cccc2c1sc1c(-c3ccccc3)cc(-c3ccccc3)cc12. The molecular formula is C25H18S. The first-order valence-corrected chi connectivity index (χ1v) is 9.69. The molecule has 1 aromatic heterocycles. The Morgan fingerprint density at radius 3 is 1.96 bits per heavy atom. The van der Waals surface area contributed by atoms with Crippen molar-refractivity contribution in [2.24, 2.45) is 0 Å². The lowest BCUT2D eigenvalue weighted by Gasteiger charge is -2.09. The summed E-state index contributed by atoms with van der Waals surface area (Å²) in [5, 5.41) is 2.72. The fourth-order valence-electron chi connectivity index (χ4n) is 3.67. The van der Waals surface area contributed by atoms with E-state index in [0.717, 1.165) is 0 Å². The zero-order valence-corrected chi connectivity index (χ0v) is 15.4. The second-order valence-electron chi connectivity index (χ2n) is 6.69. The summed E-state index contributed by atoms with van der Waals surface area (Å²) in [6, 6.07) is 32.7. The minimum absolute atomic E-state index is 1.26. The van der Waals surface area contributed by atoms with Crippen molar-refractivity contribution in [3.05, 3.63) is 96.6 Å². The van der Waals surface area contributed by atoms with Crippen LogP contribution in [0.25, 0.3) is 42.4 Å². The molecule has 4 aromatic carbocycles. The summed E-state index contributed by atoms with van der Waals surface area (Å²) in [7, 11) is 0. The Bertz CT molecular complexity index is 1210. The van der Waals surface area contributed by atoms with Gasteiger partial charge in [0.05, 0.1) is 0 Å². The molecule has 0 saturated carbocycles. The van der Waals surface area contributed by atoms with Crippen LogP contribution in [0.5, 0.6) is 0 Å². The summed E-state index contributed by atoms with van der Waals surface area (Å²) < 4.78 is 2.77. The Hall–Kier alpha value is -2.90. The van der Waals surface area contributed by atoms with Crippen molar-refractivity contribution in [1.82, 2.24) is 0 Å². The number of hydrogen-bond donors (Lipinski definition) is 0. The Morgan fingerprint density at radius 1 is 0.538 bits per heavy atom. The van der Waals surface area contributed by atoms with E-state index in [4.69, 9.17) is 0 Å². The molecule has 1 heteroatoms. The Labute approximate surface area is 157 Å². The molecule has 5 rings (SSSR count). The molecule has 0 saturated heterocycles. The maximum absolute atomic E-state index is 2.36. The van der Waals surface area contributed by atoms with Gasteiger partial charge in [-0.1, -0.05) is 78.9 Å². The fourth-order valence-corrected chi connectivity index (χ4v) is 4.96. The van der Waals surface area contributed by atoms with Gasteiger partial charge in [-0.25, -0.2) is 0 Å². The van der Waals surface area contributed by atoms with Crippen molar-refractivity contribution < 1.29 is 0 Å². The third kappa shape index (κ3) is 2.44. The first-order valence-electron chi connectivity index (χ1n) is 8.88. The summed E-state index contributed by atoms with van der Waals surface area (Å²) in [5.74, 6) is 0. The molecule has 0 radical (unpaired) electrons. The minimum atomic E-state index is 1.26. The van der Waals surface area contributed by atoms with Crippen LogP contribution in [0.3, 0.4) is 0 Å². The van der Waals surface area contributed by atoms with Crippen molar-refractivity contribution in [1.29, 1.82) is 0 Å². The number of rotatable bonds is 2. The van der Waals surface area contributed by atoms with Gasteiger partial charge in [0.15, 0.2) is 0 Å². The van der Waals surface area contributed by atoms with Crippen LogP contribution in [0.15, 0.2) is 91.0 Å². The van der Waals surface area contributed by atoms with E-state index in [1.165, 1.54) is 48.0 Å². The van der Waals surface area contributed by atoms with E-state index < -0.39 is 0 Å². The normalized spacial score (nSPS) is 11.3. The first-order chi connectivity index (χ1) is 12.8. The maximum Gasteiger partial charge on any atom is 0.0434 e. The minimum Gasteiger partial charge on any atom is -0.134 e. The number of hydrogen-bond acceptors (Lipinski definition) is 1. The molecule has 5 aromatic rings. The highest BCUT2D eigenvalue weighted by Crippen LogP contribution is 2.43. The maximum atomic E-state index is 2.36. The zero-order valence-electron chi connectivity index (χ0n) is 14.6. The lowest BCUT2D eigenvalue weighted by atomic mass is 9.96. The van der Waals surface area contributed by atoms with E-state index >= 15 is 0 Å². The largest absolute Gasteiger partial charge is 0.134 e. The quantitative estimate of drug-likeness (QED) is 0.306. The van der Waals surface area contributed by atoms with E-state index in [9.17, 15) is 0 Å². The predicted octanol–water partition coefficient (Wildman–Crippen LogP) is 7.70. The Balaban J connectivity index is 1.92. The van der Waals surface area contributed by atoms with E-state index in [1.807, 2.05) is 11.3 Å². The van der Waals surface area contributed by atoms with Gasteiger partial charge in [-0.2, -0.15) is 0 Å². The number of aryl methyl sites for hydroxylation is 1. The lowest BCUT2D eigenvalue weighted by Crippen LogP contribution is -1.83. The summed E-state index contributed by atoms with van der Waals surface area (Å²) in [5.41, 5.74) is 6.49. The van der Waals surface area contributed by atoms with Gasteiger partial charge in [0.1, 0.15) is 0 Å². The average Bonchev–Trinajstić information content (AvgIpc) is 3.09. The fraction of sp³-hybridized carbons (Fsp3) is 0.0400. The molecular weight excluding hydrogens is 332 g/mol. The van der Waals surface area contributed by atoms with Gasteiger partial charge in [0, 0.05) is 25.7 Å². The lowest BCUT2D eigenvalue weighted by molar-refractivity contribution is 1.56. The highest BCUT2D eigenvalue weighted by atomic mass is 32.1. The average molecular weight is 350 g/mol. The first kappa shape index (κ1) is 15.4. The van der Waals surface area contributed by atoms with E-state index in [1.54, 1.807) is 0 Å². The monoisotopic (exact) mass is 350 g/mol. The number of benzene rings is 4. The molecule has 0 N–H and O–H groups in total. The zero-order chi connectivity index (χ0) is 17.5. The molecule has 0 fully saturated rings. The molecule has 0 nitrogen and oxygen atoms in total. The van der Waals surface area contributed by atoms with Crippen LogP contribution >= 0.6 is 11.3 Å². The van der Waals surface area contributed by atoms with Gasteiger partial charge in [-0.3, -0.25) is 0 Å². The van der Waals surface area contributed by atoms with Crippen molar-refractivity contribution in [3.63, 3.8) is 0 Å². The molecule has 0 spiro atoms. The van der Waals surface area contributed by atoms with Gasteiger partial charge in [-0.15, -0.1) is 11.3 Å². The van der Waals surface area contributed by atoms with Crippen LogP contribution < -0.4 is 0 Å². The molecule has 124 valence electrons. The molecule has 0 atom stereocenters. The topological polar surface area (TPSA) is 0 Å². The molecule has 26 heavy (non-hydrogen) atoms. The van der Waals surface area contributed by atoms with E-state index in [0.29, 0.717) is 0 Å². The second kappa shape index (κ2) is 6.12. The summed E-state index contributed by atoms with van der Waals surface area (Å²) >= 11 is 1.91. The van der Waals surface area contributed by atoms with Gasteiger partial charge >= 0.3 is 0 Å². The van der Waals surface area contributed by atoms with Crippen LogP contribution in [-0.4, -0.2) is 0 Å². The molecule has 0 bridgehead atoms. The van der Waals surface area contributed by atoms with Crippen molar-refractivity contribution in [2.45, 2.75) is 6.92 Å². The van der Waals surface area contributed by atoms with Gasteiger partial charge < -0.3 is 0 Å². The van der Waals surface area contributed by atoms with Crippen molar-refractivity contribution >= 4 is 31.5 Å². The second-order valence-corrected chi connectivity index (χ2v) is 7.71. The van der Waals surface area contributed by atoms with Crippen LogP contribution in [-0.2, 0) is 0 Å². The highest BCUT2D eigenvalue weighted by Gasteiger charge is 2.14. The van der Waals surface area contributed by atoms with Gasteiger partial charge in [0.25, 0.3) is 0 Å². The van der Waals surface area contributed by atoms with Crippen LogP contribution in [0.2, 0.25) is 0 Å². The molecule has 0 unspecified atom stereocenters. The van der Waals surface area contributed by atoms with Gasteiger partial charge in [0.2, 0.25) is 0 Å². The smallest absolute Gasteiger partial charge is 0.0434 e. The predicted molar refractivity (Wildman–Crippen MR) is 115 cm³/mol. The summed E-state index contributed by atoms with van der Waals surface area (Å²) in [6.07, 6.45) is 0. The molecule has 0 aliphatic heterocycles. The van der Waals surface area contributed by atoms with Crippen molar-refractivity contribution in [2.75, 3.05) is 0 Å². The summed E-state index contributed by atoms with van der Waals surface area (Å²) in [6.45, 7) is 2.21. The van der Waals surface area contributed by atoms with Crippen LogP contribution in [0, 0.1) is 6.92 Å². The van der Waals surface area contributed by atoms with E-state index in [2.05, 4.69) is 97.9 Å². The number of thiophene rings is 1. The Morgan fingerprint density at radius 2 is 1.23 bits per heavy atom. The molecule has 0 aliphatic carbocycles. The van der Waals surface area contributed by atoms with Crippen molar-refractivity contribution in [3.8, 4) is 22.3 Å². The van der Waals surface area contributed by atoms with E-state index in [-0.39, 0.29) is 0 Å². The van der Waals surface area contributed by atoms with Gasteiger partial charge in [-0.05, 0) is 41.3 Å². The number of fused-ring (bicyclic) bond motifs is 3. The summed E-state index contributed by atoms with van der Waals surface area (Å²) in [4.78, 5) is 0. The standard InChI is InChI=1S/C25H18S/c1-17-9-8-14-21-23-16-20(18-10-4-2-5-11-18)15-22(25(23)26-24(17)21)19-12-6-3-7-13-19/h2-16H,1H3. The molecule has 0 amide bonds. The van der Waals surface area contributed by atoms with Crippen LogP contribution in [0.1, 0.15) is 5.56 Å². The third-order valence-corrected chi connectivity index (χ3v) is 6.38. The Kier molecular flexibility index (Phi) is 3.62. The molecule has 0 aliphatic rings. The third-order valence-electron chi connectivity index (χ3n) is 4.99. The highest BCUT2D eigenvalue weighted by molar-refractivity contribution is 7.26. The van der Waals surface area contributed by atoms with Crippen LogP contribution in [0.4, 0.5) is 0 Å².